The van der Waals surface area contributed by atoms with Crippen LogP contribution in [0.2, 0.25) is 0 Å². The fourth-order valence-corrected chi connectivity index (χ4v) is 3.89. The Kier molecular flexibility index (Phi) is 5.67. The van der Waals surface area contributed by atoms with Crippen LogP contribution < -0.4 is 10.6 Å². The first kappa shape index (κ1) is 17.8. The van der Waals surface area contributed by atoms with Crippen molar-refractivity contribution in [2.24, 2.45) is 0 Å². The van der Waals surface area contributed by atoms with Gasteiger partial charge in [0.15, 0.2) is 0 Å². The molecule has 0 saturated heterocycles. The van der Waals surface area contributed by atoms with E-state index in [1.54, 1.807) is 36.4 Å². The van der Waals surface area contributed by atoms with Crippen molar-refractivity contribution in [3.8, 4) is 0 Å². The summed E-state index contributed by atoms with van der Waals surface area (Å²) in [5.74, 6) is -0.446. The van der Waals surface area contributed by atoms with Gasteiger partial charge in [0.1, 0.15) is 0 Å². The minimum Gasteiger partial charge on any atom is -0.321 e. The molecule has 7 heteroatoms. The first-order valence-electron chi connectivity index (χ1n) is 7.24. The highest BCUT2D eigenvalue weighted by atomic mass is 79.9. The minimum atomic E-state index is -0.254. The lowest BCUT2D eigenvalue weighted by Crippen LogP contribution is -2.14. The van der Waals surface area contributed by atoms with Gasteiger partial charge in [0.2, 0.25) is 0 Å². The molecule has 0 aliphatic rings. The Hall–Kier alpha value is -1.96. The molecule has 0 radical (unpaired) electrons. The number of nitrogens with one attached hydrogen (secondary N) is 2. The van der Waals surface area contributed by atoms with Crippen molar-refractivity contribution in [1.82, 2.24) is 0 Å². The largest absolute Gasteiger partial charge is 0.321 e. The van der Waals surface area contributed by atoms with Gasteiger partial charge in [-0.3, -0.25) is 9.59 Å². The van der Waals surface area contributed by atoms with Crippen LogP contribution in [0.3, 0.4) is 0 Å². The van der Waals surface area contributed by atoms with Gasteiger partial charge in [0.05, 0.1) is 10.6 Å². The van der Waals surface area contributed by atoms with E-state index in [0.29, 0.717) is 21.8 Å². The highest BCUT2D eigenvalue weighted by Gasteiger charge is 2.11. The van der Waals surface area contributed by atoms with E-state index in [1.807, 2.05) is 23.6 Å². The van der Waals surface area contributed by atoms with Gasteiger partial charge >= 0.3 is 0 Å². The molecule has 2 amide bonds. The summed E-state index contributed by atoms with van der Waals surface area (Å²) in [7, 11) is 0. The lowest BCUT2D eigenvalue weighted by atomic mass is 10.1. The highest BCUT2D eigenvalue weighted by molar-refractivity contribution is 9.11. The molecule has 0 spiro atoms. The summed E-state index contributed by atoms with van der Waals surface area (Å²) < 4.78 is 1.69. The monoisotopic (exact) mass is 478 g/mol. The number of anilines is 2. The predicted octanol–water partition coefficient (Wildman–Crippen LogP) is 5.78. The average molecular weight is 480 g/mol. The van der Waals surface area contributed by atoms with Crippen LogP contribution in [-0.4, -0.2) is 11.8 Å². The number of hydrogen-bond donors (Lipinski definition) is 2. The smallest absolute Gasteiger partial charge is 0.265 e. The van der Waals surface area contributed by atoms with Crippen molar-refractivity contribution in [1.29, 1.82) is 0 Å². The molecule has 2 aromatic carbocycles. The Morgan fingerprint density at radius 3 is 2.44 bits per heavy atom. The second-order valence-electron chi connectivity index (χ2n) is 5.09. The van der Waals surface area contributed by atoms with Crippen molar-refractivity contribution in [3.05, 3.63) is 79.4 Å². The SMILES string of the molecule is O=C(Nc1ccc(Br)cc1Br)c1cccc(NC(=O)c2cccs2)c1. The molecular formula is C18H12Br2N2O2S. The molecule has 2 N–H and O–H groups in total. The summed E-state index contributed by atoms with van der Waals surface area (Å²) >= 11 is 8.16. The van der Waals surface area contributed by atoms with Crippen molar-refractivity contribution >= 4 is 66.4 Å². The van der Waals surface area contributed by atoms with Crippen molar-refractivity contribution < 1.29 is 9.59 Å². The number of benzene rings is 2. The van der Waals surface area contributed by atoms with Gasteiger partial charge in [0, 0.05) is 20.2 Å². The zero-order valence-electron chi connectivity index (χ0n) is 12.8. The first-order chi connectivity index (χ1) is 12.0. The minimum absolute atomic E-state index is 0.191. The third-order valence-electron chi connectivity index (χ3n) is 3.31. The molecule has 25 heavy (non-hydrogen) atoms. The Morgan fingerprint density at radius 2 is 1.72 bits per heavy atom. The van der Waals surface area contributed by atoms with Crippen molar-refractivity contribution in [3.63, 3.8) is 0 Å². The Labute approximate surface area is 165 Å². The van der Waals surface area contributed by atoms with Crippen LogP contribution in [-0.2, 0) is 0 Å². The molecule has 126 valence electrons. The van der Waals surface area contributed by atoms with Gasteiger partial charge in [-0.15, -0.1) is 11.3 Å². The Balaban J connectivity index is 1.74. The van der Waals surface area contributed by atoms with E-state index in [0.717, 1.165) is 8.95 Å². The zero-order chi connectivity index (χ0) is 17.8. The summed E-state index contributed by atoms with van der Waals surface area (Å²) in [6, 6.07) is 15.9. The van der Waals surface area contributed by atoms with Crippen LogP contribution in [0.1, 0.15) is 20.0 Å². The number of amides is 2. The van der Waals surface area contributed by atoms with Gasteiger partial charge in [0.25, 0.3) is 11.8 Å². The van der Waals surface area contributed by atoms with Crippen LogP contribution in [0.15, 0.2) is 68.9 Å². The molecule has 0 atom stereocenters. The summed E-state index contributed by atoms with van der Waals surface area (Å²) in [6.45, 7) is 0. The number of carbonyl (C=O) groups excluding carboxylic acids is 2. The van der Waals surface area contributed by atoms with Crippen LogP contribution in [0.4, 0.5) is 11.4 Å². The number of thiophene rings is 1. The maximum atomic E-state index is 12.5. The fraction of sp³-hybridized carbons (Fsp3) is 0. The van der Waals surface area contributed by atoms with Crippen molar-refractivity contribution in [2.75, 3.05) is 10.6 Å². The molecule has 1 heterocycles. The predicted molar refractivity (Wildman–Crippen MR) is 109 cm³/mol. The highest BCUT2D eigenvalue weighted by Crippen LogP contribution is 2.26. The Morgan fingerprint density at radius 1 is 0.880 bits per heavy atom. The van der Waals surface area contributed by atoms with E-state index in [9.17, 15) is 9.59 Å². The molecule has 1 aromatic heterocycles. The van der Waals surface area contributed by atoms with Gasteiger partial charge in [-0.2, -0.15) is 0 Å². The molecule has 0 bridgehead atoms. The molecule has 0 saturated carbocycles. The standard InChI is InChI=1S/C18H12Br2N2O2S/c19-12-6-7-15(14(20)10-12)22-17(23)11-3-1-4-13(9-11)21-18(24)16-5-2-8-25-16/h1-10H,(H,21,24)(H,22,23). The quantitative estimate of drug-likeness (QED) is 0.498. The lowest BCUT2D eigenvalue weighted by molar-refractivity contribution is 0.101. The topological polar surface area (TPSA) is 58.2 Å². The second-order valence-corrected chi connectivity index (χ2v) is 7.81. The summed E-state index contributed by atoms with van der Waals surface area (Å²) in [6.07, 6.45) is 0. The van der Waals surface area contributed by atoms with E-state index in [1.165, 1.54) is 11.3 Å². The van der Waals surface area contributed by atoms with E-state index in [2.05, 4.69) is 42.5 Å². The van der Waals surface area contributed by atoms with Crippen LogP contribution in [0, 0.1) is 0 Å². The molecule has 0 aliphatic carbocycles. The summed E-state index contributed by atoms with van der Waals surface area (Å²) in [5, 5.41) is 7.48. The van der Waals surface area contributed by atoms with Crippen LogP contribution >= 0.6 is 43.2 Å². The Bertz CT molecular complexity index is 927. The van der Waals surface area contributed by atoms with E-state index < -0.39 is 0 Å². The van der Waals surface area contributed by atoms with Crippen molar-refractivity contribution in [2.45, 2.75) is 0 Å². The number of hydrogen-bond acceptors (Lipinski definition) is 3. The number of halogens is 2. The van der Waals surface area contributed by atoms with Crippen LogP contribution in [0.5, 0.6) is 0 Å². The third kappa shape index (κ3) is 4.56. The third-order valence-corrected chi connectivity index (χ3v) is 5.32. The zero-order valence-corrected chi connectivity index (χ0v) is 16.7. The molecule has 0 aliphatic heterocycles. The molecule has 3 rings (SSSR count). The van der Waals surface area contributed by atoms with Crippen LogP contribution in [0.25, 0.3) is 0 Å². The van der Waals surface area contributed by atoms with Gasteiger partial charge in [-0.05, 0) is 63.8 Å². The normalized spacial score (nSPS) is 10.3. The second kappa shape index (κ2) is 7.95. The van der Waals surface area contributed by atoms with Gasteiger partial charge < -0.3 is 10.6 Å². The summed E-state index contributed by atoms with van der Waals surface area (Å²) in [5.41, 5.74) is 1.70. The molecule has 0 unspecified atom stereocenters. The van der Waals surface area contributed by atoms with E-state index in [-0.39, 0.29) is 11.8 Å². The van der Waals surface area contributed by atoms with Gasteiger partial charge in [-0.25, -0.2) is 0 Å². The molecule has 4 nitrogen and oxygen atoms in total. The average Bonchev–Trinajstić information content (AvgIpc) is 3.12. The first-order valence-corrected chi connectivity index (χ1v) is 9.71. The maximum Gasteiger partial charge on any atom is 0.265 e. The van der Waals surface area contributed by atoms with Gasteiger partial charge in [-0.1, -0.05) is 28.1 Å². The lowest BCUT2D eigenvalue weighted by Gasteiger charge is -2.09. The number of carbonyl (C=O) groups is 2. The number of rotatable bonds is 4. The fourth-order valence-electron chi connectivity index (χ4n) is 2.12. The molecule has 0 fully saturated rings. The van der Waals surface area contributed by atoms with E-state index in [4.69, 9.17) is 0 Å². The molecule has 3 aromatic rings. The molecular weight excluding hydrogens is 468 g/mol. The van der Waals surface area contributed by atoms with E-state index >= 15 is 0 Å². The summed E-state index contributed by atoms with van der Waals surface area (Å²) in [4.78, 5) is 25.2. The maximum absolute atomic E-state index is 12.5.